The van der Waals surface area contributed by atoms with Gasteiger partial charge < -0.3 is 26.1 Å². The maximum Gasteiger partial charge on any atom is 0.337 e. The molecule has 37 heavy (non-hydrogen) atoms. The number of amides is 1. The van der Waals surface area contributed by atoms with Gasteiger partial charge in [0.15, 0.2) is 5.01 Å². The quantitative estimate of drug-likeness (QED) is 0.195. The number of benzene rings is 2. The molecular weight excluding hydrogens is 488 g/mol. The summed E-state index contributed by atoms with van der Waals surface area (Å²) >= 11 is 1.30. The molecule has 0 bridgehead atoms. The minimum absolute atomic E-state index is 0.108. The minimum Gasteiger partial charge on any atom is -0.397 e. The first-order valence-corrected chi connectivity index (χ1v) is 13.1. The normalized spacial score (nSPS) is 13.6. The van der Waals surface area contributed by atoms with Gasteiger partial charge in [-0.1, -0.05) is 45.9 Å². The second-order valence-electron chi connectivity index (χ2n) is 9.74. The van der Waals surface area contributed by atoms with Crippen molar-refractivity contribution in [2.24, 2.45) is 0 Å². The molecule has 1 aliphatic rings. The number of rotatable bonds is 8. The van der Waals surface area contributed by atoms with E-state index in [4.69, 9.17) is 5.73 Å². The third kappa shape index (κ3) is 6.26. The molecule has 4 N–H and O–H groups in total. The lowest BCUT2D eigenvalue weighted by molar-refractivity contribution is -0.423. The Morgan fingerprint density at radius 3 is 2.43 bits per heavy atom. The summed E-state index contributed by atoms with van der Waals surface area (Å²) in [7, 11) is 0. The summed E-state index contributed by atoms with van der Waals surface area (Å²) in [5.41, 5.74) is 10.9. The summed E-state index contributed by atoms with van der Waals surface area (Å²) < 4.78 is 0. The van der Waals surface area contributed by atoms with Crippen molar-refractivity contribution in [2.45, 2.75) is 52.5 Å². The Labute approximate surface area is 220 Å². The SMILES string of the molecule is CC(C)c1ccc(NC(=CN2CCc3nc(C(=O)Nc4cc(C(C)C)ccc4N)sc3C2)[N+](=O)[O-])cc1. The number of hydrogen-bond donors (Lipinski definition) is 3. The van der Waals surface area contributed by atoms with E-state index in [1.54, 1.807) is 6.07 Å². The Bertz CT molecular complexity index is 1330. The van der Waals surface area contributed by atoms with E-state index in [0.29, 0.717) is 53.4 Å². The van der Waals surface area contributed by atoms with Crippen molar-refractivity contribution >= 4 is 34.3 Å². The number of carbonyl (C=O) groups excluding carboxylic acids is 1. The molecule has 4 rings (SSSR count). The van der Waals surface area contributed by atoms with Gasteiger partial charge in [0, 0.05) is 17.8 Å². The van der Waals surface area contributed by atoms with Gasteiger partial charge in [-0.05, 0) is 52.2 Å². The summed E-state index contributed by atoms with van der Waals surface area (Å²) in [6.45, 7) is 9.36. The van der Waals surface area contributed by atoms with Crippen molar-refractivity contribution in [1.82, 2.24) is 9.88 Å². The van der Waals surface area contributed by atoms with Crippen LogP contribution >= 0.6 is 11.3 Å². The summed E-state index contributed by atoms with van der Waals surface area (Å²) in [6, 6.07) is 13.3. The van der Waals surface area contributed by atoms with E-state index >= 15 is 0 Å². The van der Waals surface area contributed by atoms with Crippen LogP contribution in [-0.2, 0) is 13.0 Å². The van der Waals surface area contributed by atoms with Crippen molar-refractivity contribution in [1.29, 1.82) is 0 Å². The molecule has 0 saturated carbocycles. The lowest BCUT2D eigenvalue weighted by Gasteiger charge is -2.24. The second kappa shape index (κ2) is 11.0. The highest BCUT2D eigenvalue weighted by atomic mass is 32.1. The Hall–Kier alpha value is -3.92. The summed E-state index contributed by atoms with van der Waals surface area (Å²) in [5.74, 6) is 0.270. The van der Waals surface area contributed by atoms with Crippen LogP contribution in [0.3, 0.4) is 0 Å². The van der Waals surface area contributed by atoms with E-state index in [1.165, 1.54) is 23.1 Å². The molecule has 0 aliphatic carbocycles. The zero-order chi connectivity index (χ0) is 26.7. The lowest BCUT2D eigenvalue weighted by Crippen LogP contribution is -2.27. The van der Waals surface area contributed by atoms with Crippen molar-refractivity contribution in [3.05, 3.63) is 91.3 Å². The Kier molecular flexibility index (Phi) is 7.77. The van der Waals surface area contributed by atoms with Crippen LogP contribution < -0.4 is 16.4 Å². The molecule has 3 aromatic rings. The first-order chi connectivity index (χ1) is 17.6. The number of fused-ring (bicyclic) bond motifs is 1. The number of nitrogens with zero attached hydrogens (tertiary/aromatic N) is 3. The van der Waals surface area contributed by atoms with E-state index in [0.717, 1.165) is 16.1 Å². The number of anilines is 3. The van der Waals surface area contributed by atoms with Gasteiger partial charge >= 0.3 is 5.82 Å². The zero-order valence-corrected chi connectivity index (χ0v) is 22.3. The highest BCUT2D eigenvalue weighted by molar-refractivity contribution is 7.13. The van der Waals surface area contributed by atoms with Crippen LogP contribution in [-0.4, -0.2) is 27.3 Å². The molecule has 0 fully saturated rings. The van der Waals surface area contributed by atoms with E-state index < -0.39 is 4.92 Å². The van der Waals surface area contributed by atoms with E-state index in [-0.39, 0.29) is 11.7 Å². The fourth-order valence-electron chi connectivity index (χ4n) is 4.04. The number of nitrogens with one attached hydrogen (secondary N) is 2. The zero-order valence-electron chi connectivity index (χ0n) is 21.4. The Morgan fingerprint density at radius 1 is 1.11 bits per heavy atom. The van der Waals surface area contributed by atoms with E-state index in [9.17, 15) is 14.9 Å². The van der Waals surface area contributed by atoms with Crippen LogP contribution in [0.4, 0.5) is 17.1 Å². The summed E-state index contributed by atoms with van der Waals surface area (Å²) in [6.07, 6.45) is 2.12. The van der Waals surface area contributed by atoms with Crippen LogP contribution in [0.5, 0.6) is 0 Å². The molecule has 194 valence electrons. The summed E-state index contributed by atoms with van der Waals surface area (Å²) in [4.78, 5) is 31.6. The van der Waals surface area contributed by atoms with Gasteiger partial charge in [0.2, 0.25) is 0 Å². The van der Waals surface area contributed by atoms with Crippen molar-refractivity contribution in [3.63, 3.8) is 0 Å². The van der Waals surface area contributed by atoms with Gasteiger partial charge in [0.25, 0.3) is 5.91 Å². The lowest BCUT2D eigenvalue weighted by atomic mass is 10.0. The number of aromatic nitrogens is 1. The van der Waals surface area contributed by atoms with Gasteiger partial charge in [-0.15, -0.1) is 11.3 Å². The Morgan fingerprint density at radius 2 is 1.78 bits per heavy atom. The molecule has 0 spiro atoms. The van der Waals surface area contributed by atoms with Gasteiger partial charge in [0.1, 0.15) is 5.69 Å². The number of hydrogen-bond acceptors (Lipinski definition) is 8. The highest BCUT2D eigenvalue weighted by Crippen LogP contribution is 2.29. The molecule has 0 unspecified atom stereocenters. The molecule has 0 radical (unpaired) electrons. The first-order valence-electron chi connectivity index (χ1n) is 12.3. The average Bonchev–Trinajstić information content (AvgIpc) is 3.29. The molecule has 1 amide bonds. The van der Waals surface area contributed by atoms with Crippen LogP contribution in [0.2, 0.25) is 0 Å². The fourth-order valence-corrected chi connectivity index (χ4v) is 5.07. The maximum atomic E-state index is 12.9. The molecular formula is C27H32N6O3S. The number of nitro groups is 1. The molecule has 2 heterocycles. The number of nitrogens with two attached hydrogens (primary N) is 1. The third-order valence-electron chi connectivity index (χ3n) is 6.30. The second-order valence-corrected chi connectivity index (χ2v) is 10.8. The fraction of sp³-hybridized carbons (Fsp3) is 0.333. The van der Waals surface area contributed by atoms with Crippen molar-refractivity contribution in [2.75, 3.05) is 22.9 Å². The number of thiazole rings is 1. The van der Waals surface area contributed by atoms with E-state index in [2.05, 4.69) is 43.3 Å². The highest BCUT2D eigenvalue weighted by Gasteiger charge is 2.24. The monoisotopic (exact) mass is 520 g/mol. The van der Waals surface area contributed by atoms with Gasteiger partial charge in [-0.2, -0.15) is 0 Å². The van der Waals surface area contributed by atoms with Gasteiger partial charge in [-0.3, -0.25) is 4.79 Å². The standard InChI is InChI=1S/C27H32N6O3S/c1-16(2)18-5-8-20(9-6-18)29-25(33(35)36)15-32-12-11-22-24(14-32)37-27(31-22)26(34)30-23-13-19(17(3)4)7-10-21(23)28/h5-10,13,15-17,29H,11-12,14,28H2,1-4H3,(H,30,34). The largest absolute Gasteiger partial charge is 0.397 e. The third-order valence-corrected chi connectivity index (χ3v) is 7.38. The average molecular weight is 521 g/mol. The topological polar surface area (TPSA) is 126 Å². The minimum atomic E-state index is -0.424. The molecule has 0 atom stereocenters. The molecule has 9 nitrogen and oxygen atoms in total. The molecule has 2 aromatic carbocycles. The maximum absolute atomic E-state index is 12.9. The van der Waals surface area contributed by atoms with Gasteiger partial charge in [0.05, 0.1) is 29.8 Å². The Balaban J connectivity index is 1.46. The molecule has 1 aliphatic heterocycles. The molecule has 1 aromatic heterocycles. The van der Waals surface area contributed by atoms with Crippen molar-refractivity contribution < 1.29 is 9.72 Å². The number of nitrogen functional groups attached to an aromatic ring is 1. The van der Waals surface area contributed by atoms with Gasteiger partial charge in [-0.25, -0.2) is 10.3 Å². The van der Waals surface area contributed by atoms with Crippen LogP contribution in [0.15, 0.2) is 54.5 Å². The number of carbonyl (C=O) groups is 1. The predicted octanol–water partition coefficient (Wildman–Crippen LogP) is 5.77. The molecule has 10 heteroatoms. The van der Waals surface area contributed by atoms with E-state index in [1.807, 2.05) is 41.3 Å². The first kappa shape index (κ1) is 26.2. The van der Waals surface area contributed by atoms with Crippen LogP contribution in [0, 0.1) is 10.1 Å². The van der Waals surface area contributed by atoms with Crippen LogP contribution in [0.1, 0.15) is 71.0 Å². The summed E-state index contributed by atoms with van der Waals surface area (Å²) in [5, 5.41) is 17.9. The van der Waals surface area contributed by atoms with Crippen LogP contribution in [0.25, 0.3) is 0 Å². The van der Waals surface area contributed by atoms with Crippen molar-refractivity contribution in [3.8, 4) is 0 Å². The molecule has 0 saturated heterocycles. The predicted molar refractivity (Wildman–Crippen MR) is 148 cm³/mol. The smallest absolute Gasteiger partial charge is 0.337 e.